The van der Waals surface area contributed by atoms with Gasteiger partial charge in [-0.2, -0.15) is 0 Å². The molecule has 4 nitrogen and oxygen atoms in total. The second-order valence-electron chi connectivity index (χ2n) is 5.98. The Kier molecular flexibility index (Phi) is 5.69. The van der Waals surface area contributed by atoms with E-state index in [1.807, 2.05) is 0 Å². The van der Waals surface area contributed by atoms with Crippen molar-refractivity contribution in [1.82, 2.24) is 4.90 Å². The van der Waals surface area contributed by atoms with E-state index in [9.17, 15) is 14.0 Å². The maximum Gasteiger partial charge on any atom is 0.264 e. The molecule has 0 unspecified atom stereocenters. The van der Waals surface area contributed by atoms with Crippen molar-refractivity contribution < 1.29 is 14.0 Å². The molecule has 1 N–H and O–H groups in total. The molecule has 27 heavy (non-hydrogen) atoms. The molecule has 0 aliphatic heterocycles. The number of carbonyl (C=O) groups excluding carboxylic acids is 2. The Morgan fingerprint density at radius 1 is 1.15 bits per heavy atom. The van der Waals surface area contributed by atoms with Crippen molar-refractivity contribution in [3.63, 3.8) is 0 Å². The van der Waals surface area contributed by atoms with E-state index in [0.29, 0.717) is 36.3 Å². The van der Waals surface area contributed by atoms with Crippen LogP contribution < -0.4 is 5.32 Å². The predicted octanol–water partition coefficient (Wildman–Crippen LogP) is 5.37. The average Bonchev–Trinajstić information content (AvgIpc) is 2.95. The van der Waals surface area contributed by atoms with Gasteiger partial charge in [0.25, 0.3) is 5.91 Å². The molecule has 0 saturated heterocycles. The van der Waals surface area contributed by atoms with Gasteiger partial charge in [0, 0.05) is 17.1 Å². The molecule has 0 fully saturated rings. The van der Waals surface area contributed by atoms with E-state index in [0.717, 1.165) is 0 Å². The maximum atomic E-state index is 14.0. The van der Waals surface area contributed by atoms with Crippen LogP contribution in [-0.4, -0.2) is 30.3 Å². The van der Waals surface area contributed by atoms with Crippen LogP contribution in [-0.2, 0) is 4.79 Å². The van der Waals surface area contributed by atoms with Gasteiger partial charge in [-0.05, 0) is 36.8 Å². The fraction of sp³-hybridized carbons (Fsp3) is 0.158. The fourth-order valence-electron chi connectivity index (χ4n) is 2.71. The standard InChI is InChI=1S/C19H15Cl2FN2O2S/c1-10-16-13(22)7-4-8-14(16)27-18(10)19(26)24(2)9-15(25)23-17-11(20)5-3-6-12(17)21/h3-8H,9H2,1-2H3,(H,23,25). The van der Waals surface area contributed by atoms with Crippen molar-refractivity contribution in [1.29, 1.82) is 0 Å². The van der Waals surface area contributed by atoms with E-state index in [2.05, 4.69) is 5.32 Å². The first kappa shape index (κ1) is 19.6. The molecule has 1 heterocycles. The molecular formula is C19H15Cl2FN2O2S. The summed E-state index contributed by atoms with van der Waals surface area (Å²) in [6.45, 7) is 1.50. The van der Waals surface area contributed by atoms with Gasteiger partial charge in [0.05, 0.1) is 27.2 Å². The number of likely N-dealkylation sites (N-methyl/N-ethyl adjacent to an activating group) is 1. The molecule has 8 heteroatoms. The van der Waals surface area contributed by atoms with Crippen molar-refractivity contribution in [2.75, 3.05) is 18.9 Å². The third kappa shape index (κ3) is 3.93. The van der Waals surface area contributed by atoms with Gasteiger partial charge in [-0.1, -0.05) is 35.3 Å². The van der Waals surface area contributed by atoms with Crippen LogP contribution in [0.25, 0.3) is 10.1 Å². The number of aryl methyl sites for hydroxylation is 1. The van der Waals surface area contributed by atoms with E-state index in [1.54, 1.807) is 37.3 Å². The molecule has 2 amide bonds. The monoisotopic (exact) mass is 424 g/mol. The Bertz CT molecular complexity index is 1030. The van der Waals surface area contributed by atoms with Gasteiger partial charge in [-0.15, -0.1) is 11.3 Å². The number of carbonyl (C=O) groups is 2. The number of nitrogens with zero attached hydrogens (tertiary/aromatic N) is 1. The molecule has 0 aliphatic rings. The number of hydrogen-bond acceptors (Lipinski definition) is 3. The highest BCUT2D eigenvalue weighted by molar-refractivity contribution is 7.21. The van der Waals surface area contributed by atoms with Crippen LogP contribution in [0.4, 0.5) is 10.1 Å². The molecule has 3 rings (SSSR count). The van der Waals surface area contributed by atoms with Gasteiger partial charge < -0.3 is 10.2 Å². The van der Waals surface area contributed by atoms with E-state index in [-0.39, 0.29) is 18.3 Å². The summed E-state index contributed by atoms with van der Waals surface area (Å²) in [6.07, 6.45) is 0. The van der Waals surface area contributed by atoms with Crippen molar-refractivity contribution in [2.24, 2.45) is 0 Å². The summed E-state index contributed by atoms with van der Waals surface area (Å²) in [5, 5.41) is 3.66. The van der Waals surface area contributed by atoms with E-state index >= 15 is 0 Å². The minimum atomic E-state index is -0.439. The number of halogens is 3. The minimum Gasteiger partial charge on any atom is -0.332 e. The van der Waals surface area contributed by atoms with Crippen LogP contribution in [0, 0.1) is 12.7 Å². The first-order valence-corrected chi connectivity index (χ1v) is 9.53. The van der Waals surface area contributed by atoms with Gasteiger partial charge in [-0.25, -0.2) is 4.39 Å². The van der Waals surface area contributed by atoms with Crippen LogP contribution in [0.15, 0.2) is 36.4 Å². The number of anilines is 1. The molecule has 0 aliphatic carbocycles. The third-order valence-electron chi connectivity index (χ3n) is 4.05. The number of rotatable bonds is 4. The number of fused-ring (bicyclic) bond motifs is 1. The number of hydrogen-bond donors (Lipinski definition) is 1. The Morgan fingerprint density at radius 3 is 2.41 bits per heavy atom. The molecule has 0 bridgehead atoms. The molecule has 140 valence electrons. The van der Waals surface area contributed by atoms with Crippen LogP contribution in [0.1, 0.15) is 15.2 Å². The molecule has 0 spiro atoms. The lowest BCUT2D eigenvalue weighted by atomic mass is 10.1. The van der Waals surface area contributed by atoms with Gasteiger partial charge >= 0.3 is 0 Å². The van der Waals surface area contributed by atoms with Crippen LogP contribution in [0.2, 0.25) is 10.0 Å². The fourth-order valence-corrected chi connectivity index (χ4v) is 4.42. The van der Waals surface area contributed by atoms with Crippen molar-refractivity contribution in [2.45, 2.75) is 6.92 Å². The molecule has 2 aromatic carbocycles. The Morgan fingerprint density at radius 2 is 1.78 bits per heavy atom. The smallest absolute Gasteiger partial charge is 0.264 e. The lowest BCUT2D eigenvalue weighted by Gasteiger charge is -2.17. The highest BCUT2D eigenvalue weighted by atomic mass is 35.5. The first-order valence-electron chi connectivity index (χ1n) is 7.96. The number of nitrogens with one attached hydrogen (secondary N) is 1. The van der Waals surface area contributed by atoms with Crippen molar-refractivity contribution >= 4 is 62.1 Å². The summed E-state index contributed by atoms with van der Waals surface area (Å²) < 4.78 is 14.7. The summed E-state index contributed by atoms with van der Waals surface area (Å²) in [5.41, 5.74) is 0.867. The van der Waals surface area contributed by atoms with Gasteiger partial charge in [0.2, 0.25) is 5.91 Å². The number of benzene rings is 2. The van der Waals surface area contributed by atoms with Crippen LogP contribution >= 0.6 is 34.5 Å². The molecule has 0 radical (unpaired) electrons. The zero-order chi connectivity index (χ0) is 19.7. The average molecular weight is 425 g/mol. The lowest BCUT2D eigenvalue weighted by Crippen LogP contribution is -2.34. The van der Waals surface area contributed by atoms with Crippen LogP contribution in [0.3, 0.4) is 0 Å². The topological polar surface area (TPSA) is 49.4 Å². The normalized spacial score (nSPS) is 10.9. The summed E-state index contributed by atoms with van der Waals surface area (Å²) in [5.74, 6) is -1.16. The maximum absolute atomic E-state index is 14.0. The zero-order valence-corrected chi connectivity index (χ0v) is 16.8. The predicted molar refractivity (Wildman–Crippen MR) is 109 cm³/mol. The summed E-state index contributed by atoms with van der Waals surface area (Å²) in [6, 6.07) is 9.60. The third-order valence-corrected chi connectivity index (χ3v) is 5.93. The minimum absolute atomic E-state index is 0.198. The van der Waals surface area contributed by atoms with Gasteiger partial charge in [0.15, 0.2) is 0 Å². The van der Waals surface area contributed by atoms with Gasteiger partial charge in [0.1, 0.15) is 5.82 Å². The summed E-state index contributed by atoms with van der Waals surface area (Å²) in [4.78, 5) is 26.7. The van der Waals surface area contributed by atoms with E-state index in [1.165, 1.54) is 29.4 Å². The lowest BCUT2D eigenvalue weighted by molar-refractivity contribution is -0.116. The SMILES string of the molecule is Cc1c(C(=O)N(C)CC(=O)Nc2c(Cl)cccc2Cl)sc2cccc(F)c12. The number of amides is 2. The number of thiophene rings is 1. The molecular weight excluding hydrogens is 410 g/mol. The molecule has 1 aromatic heterocycles. The highest BCUT2D eigenvalue weighted by Crippen LogP contribution is 2.33. The largest absolute Gasteiger partial charge is 0.332 e. The number of para-hydroxylation sites is 1. The summed E-state index contributed by atoms with van der Waals surface area (Å²) >= 11 is 13.3. The Hall–Kier alpha value is -2.15. The second-order valence-corrected chi connectivity index (χ2v) is 7.84. The van der Waals surface area contributed by atoms with Crippen LogP contribution in [0.5, 0.6) is 0 Å². The van der Waals surface area contributed by atoms with Crippen molar-refractivity contribution in [3.8, 4) is 0 Å². The van der Waals surface area contributed by atoms with Crippen molar-refractivity contribution in [3.05, 3.63) is 62.7 Å². The van der Waals surface area contributed by atoms with E-state index in [4.69, 9.17) is 23.2 Å². The Balaban J connectivity index is 1.77. The summed E-state index contributed by atoms with van der Waals surface area (Å²) in [7, 11) is 1.51. The zero-order valence-electron chi connectivity index (χ0n) is 14.5. The van der Waals surface area contributed by atoms with E-state index < -0.39 is 5.91 Å². The molecule has 0 saturated carbocycles. The molecule has 3 aromatic rings. The quantitative estimate of drug-likeness (QED) is 0.611. The molecule has 0 atom stereocenters. The highest BCUT2D eigenvalue weighted by Gasteiger charge is 2.22. The second kappa shape index (κ2) is 7.84. The van der Waals surface area contributed by atoms with Gasteiger partial charge in [-0.3, -0.25) is 9.59 Å². The first-order chi connectivity index (χ1) is 12.8. The Labute approximate surface area is 169 Å².